The fraction of sp³-hybridized carbons (Fsp3) is 1.00. The molecule has 1 N–H and O–H groups in total. The molecule has 0 saturated carbocycles. The van der Waals surface area contributed by atoms with E-state index < -0.39 is 0 Å². The Hall–Kier alpha value is -0.0800. The molecule has 0 amide bonds. The van der Waals surface area contributed by atoms with Crippen molar-refractivity contribution in [3.63, 3.8) is 0 Å². The SMILES string of the molecule is CCC(O)C1CCOCC1. The van der Waals surface area contributed by atoms with E-state index in [1.54, 1.807) is 0 Å². The molecule has 1 saturated heterocycles. The van der Waals surface area contributed by atoms with E-state index >= 15 is 0 Å². The van der Waals surface area contributed by atoms with Gasteiger partial charge in [0.1, 0.15) is 0 Å². The molecule has 1 unspecified atom stereocenters. The molecule has 1 atom stereocenters. The molecule has 0 spiro atoms. The van der Waals surface area contributed by atoms with Crippen molar-refractivity contribution in [3.8, 4) is 0 Å². The summed E-state index contributed by atoms with van der Waals surface area (Å²) >= 11 is 0. The first-order chi connectivity index (χ1) is 4.84. The van der Waals surface area contributed by atoms with Crippen LogP contribution in [0.15, 0.2) is 0 Å². The average molecular weight is 144 g/mol. The molecule has 60 valence electrons. The van der Waals surface area contributed by atoms with Gasteiger partial charge in [0.15, 0.2) is 0 Å². The summed E-state index contributed by atoms with van der Waals surface area (Å²) in [5, 5.41) is 9.43. The van der Waals surface area contributed by atoms with Crippen LogP contribution in [-0.4, -0.2) is 24.4 Å². The van der Waals surface area contributed by atoms with E-state index in [0.29, 0.717) is 5.92 Å². The van der Waals surface area contributed by atoms with Gasteiger partial charge in [0.2, 0.25) is 0 Å². The number of ether oxygens (including phenoxy) is 1. The van der Waals surface area contributed by atoms with Gasteiger partial charge in [0, 0.05) is 13.2 Å². The Morgan fingerprint density at radius 3 is 2.60 bits per heavy atom. The molecule has 0 bridgehead atoms. The Morgan fingerprint density at radius 1 is 1.50 bits per heavy atom. The zero-order valence-corrected chi connectivity index (χ0v) is 6.55. The summed E-state index contributed by atoms with van der Waals surface area (Å²) in [7, 11) is 0. The molecule has 2 nitrogen and oxygen atoms in total. The summed E-state index contributed by atoms with van der Waals surface area (Å²) in [4.78, 5) is 0. The third-order valence-corrected chi connectivity index (χ3v) is 2.23. The first kappa shape index (κ1) is 8.02. The zero-order chi connectivity index (χ0) is 7.40. The van der Waals surface area contributed by atoms with Crippen LogP contribution in [0.2, 0.25) is 0 Å². The average Bonchev–Trinajstić information content (AvgIpc) is 2.05. The molecule has 1 heterocycles. The summed E-state index contributed by atoms with van der Waals surface area (Å²) in [6.07, 6.45) is 2.86. The predicted molar refractivity (Wildman–Crippen MR) is 39.8 cm³/mol. The van der Waals surface area contributed by atoms with Crippen molar-refractivity contribution < 1.29 is 9.84 Å². The first-order valence-corrected chi connectivity index (χ1v) is 4.10. The van der Waals surface area contributed by atoms with Crippen molar-refractivity contribution in [1.29, 1.82) is 0 Å². The van der Waals surface area contributed by atoms with Gasteiger partial charge in [-0.05, 0) is 25.2 Å². The van der Waals surface area contributed by atoms with Crippen molar-refractivity contribution in [2.45, 2.75) is 32.3 Å². The maximum atomic E-state index is 9.43. The Balaban J connectivity index is 2.24. The zero-order valence-electron chi connectivity index (χ0n) is 6.55. The lowest BCUT2D eigenvalue weighted by atomic mass is 9.93. The maximum Gasteiger partial charge on any atom is 0.0567 e. The Morgan fingerprint density at radius 2 is 2.10 bits per heavy atom. The van der Waals surface area contributed by atoms with Crippen molar-refractivity contribution in [1.82, 2.24) is 0 Å². The molecule has 0 aromatic heterocycles. The third kappa shape index (κ3) is 1.96. The molecule has 1 rings (SSSR count). The van der Waals surface area contributed by atoms with E-state index in [-0.39, 0.29) is 6.10 Å². The van der Waals surface area contributed by atoms with E-state index in [2.05, 4.69) is 0 Å². The van der Waals surface area contributed by atoms with Gasteiger partial charge in [-0.2, -0.15) is 0 Å². The lowest BCUT2D eigenvalue weighted by Gasteiger charge is -2.25. The highest BCUT2D eigenvalue weighted by atomic mass is 16.5. The molecule has 0 aromatic rings. The van der Waals surface area contributed by atoms with Gasteiger partial charge < -0.3 is 9.84 Å². The molecular formula is C8H16O2. The second kappa shape index (κ2) is 3.94. The van der Waals surface area contributed by atoms with Crippen LogP contribution in [0.25, 0.3) is 0 Å². The van der Waals surface area contributed by atoms with Gasteiger partial charge in [0.25, 0.3) is 0 Å². The molecule has 0 aromatic carbocycles. The van der Waals surface area contributed by atoms with Gasteiger partial charge in [-0.1, -0.05) is 6.92 Å². The second-order valence-electron chi connectivity index (χ2n) is 2.93. The Kier molecular flexibility index (Phi) is 3.16. The van der Waals surface area contributed by atoms with Crippen molar-refractivity contribution in [2.24, 2.45) is 5.92 Å². The summed E-state index contributed by atoms with van der Waals surface area (Å²) in [6, 6.07) is 0. The quantitative estimate of drug-likeness (QED) is 0.630. The summed E-state index contributed by atoms with van der Waals surface area (Å²) in [5.41, 5.74) is 0. The minimum absolute atomic E-state index is 0.0936. The smallest absolute Gasteiger partial charge is 0.0567 e. The normalized spacial score (nSPS) is 24.6. The molecular weight excluding hydrogens is 128 g/mol. The molecule has 1 aliphatic heterocycles. The van der Waals surface area contributed by atoms with E-state index in [1.165, 1.54) is 0 Å². The van der Waals surface area contributed by atoms with Crippen LogP contribution in [-0.2, 0) is 4.74 Å². The molecule has 10 heavy (non-hydrogen) atoms. The lowest BCUT2D eigenvalue weighted by Crippen LogP contribution is -2.26. The monoisotopic (exact) mass is 144 g/mol. The third-order valence-electron chi connectivity index (χ3n) is 2.23. The van der Waals surface area contributed by atoms with E-state index in [1.807, 2.05) is 6.92 Å². The molecule has 0 radical (unpaired) electrons. The largest absolute Gasteiger partial charge is 0.393 e. The molecule has 0 aliphatic carbocycles. The summed E-state index contributed by atoms with van der Waals surface area (Å²) in [6.45, 7) is 3.70. The topological polar surface area (TPSA) is 29.5 Å². The Labute approximate surface area is 62.2 Å². The predicted octanol–water partition coefficient (Wildman–Crippen LogP) is 1.18. The fourth-order valence-corrected chi connectivity index (χ4v) is 1.43. The van der Waals surface area contributed by atoms with Crippen LogP contribution in [0.5, 0.6) is 0 Å². The van der Waals surface area contributed by atoms with Crippen LogP contribution in [0.3, 0.4) is 0 Å². The van der Waals surface area contributed by atoms with Gasteiger partial charge in [-0.3, -0.25) is 0 Å². The molecule has 1 aliphatic rings. The maximum absolute atomic E-state index is 9.43. The van der Waals surface area contributed by atoms with Crippen LogP contribution in [0, 0.1) is 5.92 Å². The van der Waals surface area contributed by atoms with E-state index in [9.17, 15) is 5.11 Å². The minimum atomic E-state index is -0.0936. The first-order valence-electron chi connectivity index (χ1n) is 4.10. The second-order valence-corrected chi connectivity index (χ2v) is 2.93. The van der Waals surface area contributed by atoms with Crippen LogP contribution < -0.4 is 0 Å². The van der Waals surface area contributed by atoms with E-state index in [4.69, 9.17) is 4.74 Å². The van der Waals surface area contributed by atoms with Crippen LogP contribution >= 0.6 is 0 Å². The molecule has 1 fully saturated rings. The number of hydrogen-bond acceptors (Lipinski definition) is 2. The standard InChI is InChI=1S/C8H16O2/c1-2-8(9)7-3-5-10-6-4-7/h7-9H,2-6H2,1H3. The van der Waals surface area contributed by atoms with Crippen LogP contribution in [0.1, 0.15) is 26.2 Å². The summed E-state index contributed by atoms with van der Waals surface area (Å²) in [5.74, 6) is 0.499. The minimum Gasteiger partial charge on any atom is -0.393 e. The van der Waals surface area contributed by atoms with Gasteiger partial charge >= 0.3 is 0 Å². The van der Waals surface area contributed by atoms with Crippen LogP contribution in [0.4, 0.5) is 0 Å². The highest BCUT2D eigenvalue weighted by molar-refractivity contribution is 4.70. The van der Waals surface area contributed by atoms with Crippen molar-refractivity contribution >= 4 is 0 Å². The van der Waals surface area contributed by atoms with Crippen molar-refractivity contribution in [3.05, 3.63) is 0 Å². The lowest BCUT2D eigenvalue weighted by molar-refractivity contribution is 0.00687. The fourth-order valence-electron chi connectivity index (χ4n) is 1.43. The number of rotatable bonds is 2. The van der Waals surface area contributed by atoms with Gasteiger partial charge in [0.05, 0.1) is 6.10 Å². The van der Waals surface area contributed by atoms with E-state index in [0.717, 1.165) is 32.5 Å². The highest BCUT2D eigenvalue weighted by Gasteiger charge is 2.19. The highest BCUT2D eigenvalue weighted by Crippen LogP contribution is 2.19. The van der Waals surface area contributed by atoms with Crippen molar-refractivity contribution in [2.75, 3.05) is 13.2 Å². The number of aliphatic hydroxyl groups excluding tert-OH is 1. The Bertz CT molecular complexity index is 87.3. The van der Waals surface area contributed by atoms with Gasteiger partial charge in [-0.25, -0.2) is 0 Å². The van der Waals surface area contributed by atoms with Gasteiger partial charge in [-0.15, -0.1) is 0 Å². The number of hydrogen-bond donors (Lipinski definition) is 1. The summed E-state index contributed by atoms with van der Waals surface area (Å²) < 4.78 is 5.18. The molecule has 2 heteroatoms. The number of aliphatic hydroxyl groups is 1.